The molecule has 0 saturated carbocycles. The third kappa shape index (κ3) is 4.73. The van der Waals surface area contributed by atoms with E-state index in [4.69, 9.17) is 14.6 Å². The van der Waals surface area contributed by atoms with Gasteiger partial charge in [-0.2, -0.15) is 0 Å². The van der Waals surface area contributed by atoms with Gasteiger partial charge in [0, 0.05) is 0 Å². The van der Waals surface area contributed by atoms with Gasteiger partial charge in [0.25, 0.3) is 0 Å². The first-order valence-corrected chi connectivity index (χ1v) is 6.58. The maximum atomic E-state index is 11.3. The Morgan fingerprint density at radius 3 is 2.48 bits per heavy atom. The van der Waals surface area contributed by atoms with Crippen molar-refractivity contribution in [3.8, 4) is 0 Å². The molecule has 0 aliphatic carbocycles. The molecule has 8 nitrogen and oxygen atoms in total. The molecule has 8 heteroatoms. The number of aliphatic hydroxyl groups is 4. The lowest BCUT2D eigenvalue weighted by atomic mass is 9.99. The van der Waals surface area contributed by atoms with Gasteiger partial charge in [0.2, 0.25) is 5.91 Å². The first-order chi connectivity index (χ1) is 9.71. The van der Waals surface area contributed by atoms with Gasteiger partial charge in [-0.1, -0.05) is 6.58 Å². The second-order valence-corrected chi connectivity index (χ2v) is 5.59. The summed E-state index contributed by atoms with van der Waals surface area (Å²) in [5, 5.41) is 40.7. The molecular formula is C13H23NO7. The summed E-state index contributed by atoms with van der Waals surface area (Å²) in [5.41, 5.74) is -0.760. The van der Waals surface area contributed by atoms with E-state index in [9.17, 15) is 20.1 Å². The summed E-state index contributed by atoms with van der Waals surface area (Å²) in [6.07, 6.45) is -5.52. The number of nitrogens with one attached hydrogen (secondary N) is 1. The molecule has 0 aromatic carbocycles. The lowest BCUT2D eigenvalue weighted by Crippen LogP contribution is -2.60. The Hall–Kier alpha value is -1.03. The largest absolute Gasteiger partial charge is 0.394 e. The van der Waals surface area contributed by atoms with E-state index in [2.05, 4.69) is 11.9 Å². The minimum atomic E-state index is -1.49. The monoisotopic (exact) mass is 305 g/mol. The van der Waals surface area contributed by atoms with E-state index in [-0.39, 0.29) is 12.5 Å². The van der Waals surface area contributed by atoms with Crippen molar-refractivity contribution in [1.82, 2.24) is 5.32 Å². The van der Waals surface area contributed by atoms with Crippen molar-refractivity contribution in [2.24, 2.45) is 0 Å². The molecule has 1 amide bonds. The van der Waals surface area contributed by atoms with Crippen LogP contribution in [-0.4, -0.2) is 75.8 Å². The highest BCUT2D eigenvalue weighted by atomic mass is 16.7. The van der Waals surface area contributed by atoms with Crippen LogP contribution in [0.4, 0.5) is 0 Å². The summed E-state index contributed by atoms with van der Waals surface area (Å²) in [6, 6.07) is 0. The molecule has 1 fully saturated rings. The van der Waals surface area contributed by atoms with Gasteiger partial charge in [-0.25, -0.2) is 0 Å². The van der Waals surface area contributed by atoms with E-state index < -0.39 is 42.9 Å². The lowest BCUT2D eigenvalue weighted by molar-refractivity contribution is -0.303. The number of ether oxygens (including phenoxy) is 2. The lowest BCUT2D eigenvalue weighted by Gasteiger charge is -2.40. The second-order valence-electron chi connectivity index (χ2n) is 5.59. The van der Waals surface area contributed by atoms with Crippen LogP contribution in [-0.2, 0) is 14.3 Å². The summed E-state index contributed by atoms with van der Waals surface area (Å²) < 4.78 is 10.5. The zero-order valence-corrected chi connectivity index (χ0v) is 12.1. The van der Waals surface area contributed by atoms with E-state index in [1.807, 2.05) is 0 Å². The van der Waals surface area contributed by atoms with Gasteiger partial charge in [-0.15, -0.1) is 0 Å². The number of carbonyl (C=O) groups is 1. The fourth-order valence-corrected chi connectivity index (χ4v) is 1.92. The summed E-state index contributed by atoms with van der Waals surface area (Å²) in [7, 11) is 0. The van der Waals surface area contributed by atoms with Crippen LogP contribution in [0.3, 0.4) is 0 Å². The molecule has 0 bridgehead atoms. The minimum absolute atomic E-state index is 0.0186. The Labute approximate surface area is 123 Å². The first kappa shape index (κ1) is 18.0. The predicted molar refractivity (Wildman–Crippen MR) is 72.1 cm³/mol. The molecule has 122 valence electrons. The van der Waals surface area contributed by atoms with Crippen LogP contribution in [0.25, 0.3) is 0 Å². The van der Waals surface area contributed by atoms with Crippen LogP contribution in [0, 0.1) is 0 Å². The van der Waals surface area contributed by atoms with E-state index in [0.717, 1.165) is 6.08 Å². The topological polar surface area (TPSA) is 128 Å². The third-order valence-corrected chi connectivity index (χ3v) is 3.10. The number of hydrogen-bond donors (Lipinski definition) is 5. The normalized spacial score (nSPS) is 33.5. The minimum Gasteiger partial charge on any atom is -0.394 e. The van der Waals surface area contributed by atoms with Gasteiger partial charge in [0.1, 0.15) is 24.4 Å². The molecule has 1 aliphatic heterocycles. The number of hydrogen-bond acceptors (Lipinski definition) is 7. The van der Waals surface area contributed by atoms with Crippen LogP contribution >= 0.6 is 0 Å². The Morgan fingerprint density at radius 1 is 1.33 bits per heavy atom. The van der Waals surface area contributed by atoms with Gasteiger partial charge >= 0.3 is 0 Å². The van der Waals surface area contributed by atoms with Crippen LogP contribution in [0.5, 0.6) is 0 Å². The summed E-state index contributed by atoms with van der Waals surface area (Å²) in [5.74, 6) is -0.377. The van der Waals surface area contributed by atoms with E-state index in [1.165, 1.54) is 0 Å². The van der Waals surface area contributed by atoms with Crippen LogP contribution in [0.2, 0.25) is 0 Å². The van der Waals surface area contributed by atoms with E-state index in [0.29, 0.717) is 0 Å². The average Bonchev–Trinajstić information content (AvgIpc) is 2.43. The predicted octanol–water partition coefficient (Wildman–Crippen LogP) is -2.12. The van der Waals surface area contributed by atoms with Crippen molar-refractivity contribution in [1.29, 1.82) is 0 Å². The molecule has 1 rings (SSSR count). The smallest absolute Gasteiger partial charge is 0.243 e. The van der Waals surface area contributed by atoms with E-state index in [1.54, 1.807) is 13.8 Å². The van der Waals surface area contributed by atoms with Crippen molar-refractivity contribution in [3.05, 3.63) is 12.7 Å². The zero-order valence-electron chi connectivity index (χ0n) is 12.1. The molecule has 0 radical (unpaired) electrons. The fourth-order valence-electron chi connectivity index (χ4n) is 1.92. The molecule has 0 aromatic rings. The summed E-state index contributed by atoms with van der Waals surface area (Å²) in [6.45, 7) is 6.18. The summed E-state index contributed by atoms with van der Waals surface area (Å²) >= 11 is 0. The van der Waals surface area contributed by atoms with Gasteiger partial charge in [0.15, 0.2) is 6.29 Å². The molecule has 5 N–H and O–H groups in total. The molecule has 21 heavy (non-hydrogen) atoms. The Morgan fingerprint density at radius 2 is 1.95 bits per heavy atom. The highest BCUT2D eigenvalue weighted by molar-refractivity contribution is 5.87. The standard InChI is InChI=1S/C13H23NO7/c1-4-8(16)14-13(2,3)6-20-12-11(19)10(18)9(17)7(5-15)21-12/h4,7,9-12,15,17-19H,1,5-6H2,2-3H3,(H,14,16)/t7-,9+,10+,11-,12-/m1/s1. The Balaban J connectivity index is 2.61. The SMILES string of the molecule is C=CC(=O)NC(C)(C)CO[C@@H]1O[C@H](CO)[C@H](O)[C@H](O)[C@H]1O. The molecule has 1 heterocycles. The molecule has 0 aromatic heterocycles. The number of rotatable bonds is 6. The van der Waals surface area contributed by atoms with Gasteiger partial charge < -0.3 is 35.2 Å². The molecule has 0 unspecified atom stereocenters. The van der Waals surface area contributed by atoms with Gasteiger partial charge in [-0.05, 0) is 19.9 Å². The third-order valence-electron chi connectivity index (χ3n) is 3.10. The highest BCUT2D eigenvalue weighted by Crippen LogP contribution is 2.22. The number of carbonyl (C=O) groups excluding carboxylic acids is 1. The van der Waals surface area contributed by atoms with Crippen molar-refractivity contribution in [3.63, 3.8) is 0 Å². The summed E-state index contributed by atoms with van der Waals surface area (Å²) in [4.78, 5) is 11.3. The van der Waals surface area contributed by atoms with Crippen molar-refractivity contribution in [2.75, 3.05) is 13.2 Å². The maximum Gasteiger partial charge on any atom is 0.243 e. The van der Waals surface area contributed by atoms with Gasteiger partial charge in [-0.3, -0.25) is 4.79 Å². The molecule has 0 spiro atoms. The highest BCUT2D eigenvalue weighted by Gasteiger charge is 2.44. The molecular weight excluding hydrogens is 282 g/mol. The van der Waals surface area contributed by atoms with Crippen molar-refractivity contribution < 1.29 is 34.7 Å². The molecule has 5 atom stereocenters. The van der Waals surface area contributed by atoms with Crippen molar-refractivity contribution in [2.45, 2.75) is 50.1 Å². The van der Waals surface area contributed by atoms with Crippen LogP contribution in [0.15, 0.2) is 12.7 Å². The molecule has 1 saturated heterocycles. The fraction of sp³-hybridized carbons (Fsp3) is 0.769. The van der Waals surface area contributed by atoms with E-state index >= 15 is 0 Å². The quantitative estimate of drug-likeness (QED) is 0.355. The van der Waals surface area contributed by atoms with Gasteiger partial charge in [0.05, 0.1) is 18.8 Å². The second kappa shape index (κ2) is 7.30. The van der Waals surface area contributed by atoms with Crippen LogP contribution < -0.4 is 5.32 Å². The van der Waals surface area contributed by atoms with Crippen LogP contribution in [0.1, 0.15) is 13.8 Å². The number of amides is 1. The zero-order chi connectivity index (χ0) is 16.2. The number of aliphatic hydroxyl groups excluding tert-OH is 4. The molecule has 1 aliphatic rings. The maximum absolute atomic E-state index is 11.3. The Bertz CT molecular complexity index is 372. The average molecular weight is 305 g/mol. The Kier molecular flexibility index (Phi) is 6.26. The first-order valence-electron chi connectivity index (χ1n) is 6.58. The van der Waals surface area contributed by atoms with Crippen molar-refractivity contribution >= 4 is 5.91 Å².